The molecule has 0 bridgehead atoms. The van der Waals surface area contributed by atoms with Crippen LogP contribution in [0.4, 0.5) is 5.69 Å². The Morgan fingerprint density at radius 2 is 1.85 bits per heavy atom. The fourth-order valence-electron chi connectivity index (χ4n) is 2.48. The first-order valence-corrected chi connectivity index (χ1v) is 9.38. The van der Waals surface area contributed by atoms with Gasteiger partial charge in [-0.3, -0.25) is 9.59 Å². The molecule has 1 unspecified atom stereocenters. The number of carbonyl (C=O) groups is 2. The van der Waals surface area contributed by atoms with Crippen molar-refractivity contribution >= 4 is 40.3 Å². The molecular weight excluding hydrogens is 384 g/mol. The largest absolute Gasteiger partial charge is 0.495 e. The molecule has 1 aromatic heterocycles. The molecule has 5 nitrogen and oxygen atoms in total. The van der Waals surface area contributed by atoms with E-state index in [0.717, 1.165) is 0 Å². The van der Waals surface area contributed by atoms with E-state index in [9.17, 15) is 9.59 Å². The zero-order valence-corrected chi connectivity index (χ0v) is 16.0. The first kappa shape index (κ1) is 18.9. The molecule has 7 heteroatoms. The summed E-state index contributed by atoms with van der Waals surface area (Å²) >= 11 is 7.38. The van der Waals surface area contributed by atoms with Gasteiger partial charge in [-0.1, -0.05) is 35.9 Å². The molecule has 0 fully saturated rings. The van der Waals surface area contributed by atoms with Gasteiger partial charge >= 0.3 is 0 Å². The van der Waals surface area contributed by atoms with E-state index in [4.69, 9.17) is 16.3 Å². The molecule has 138 valence electrons. The lowest BCUT2D eigenvalue weighted by atomic mass is 10.2. The maximum Gasteiger partial charge on any atom is 0.253 e. The Labute approximate surface area is 165 Å². The Hall–Kier alpha value is -2.83. The van der Waals surface area contributed by atoms with Crippen molar-refractivity contribution in [1.82, 2.24) is 5.32 Å². The maximum absolute atomic E-state index is 12.9. The molecule has 0 aliphatic heterocycles. The van der Waals surface area contributed by atoms with Crippen molar-refractivity contribution in [3.63, 3.8) is 0 Å². The van der Waals surface area contributed by atoms with Gasteiger partial charge in [0, 0.05) is 10.6 Å². The molecule has 0 aliphatic rings. The van der Waals surface area contributed by atoms with Crippen LogP contribution in [0.3, 0.4) is 0 Å². The SMILES string of the molecule is COc1ccc(Cl)cc1NC(NC(=O)c1ccccc1)C(=O)c1cccs1. The van der Waals surface area contributed by atoms with Gasteiger partial charge in [0.1, 0.15) is 5.75 Å². The summed E-state index contributed by atoms with van der Waals surface area (Å²) in [6.45, 7) is 0. The molecule has 0 saturated carbocycles. The standard InChI is InChI=1S/C20H17ClN2O3S/c1-26-16-10-9-14(21)12-15(16)22-19(18(24)17-8-5-11-27-17)23-20(25)13-6-3-2-4-7-13/h2-12,19,22H,1H3,(H,23,25). The molecule has 0 aliphatic carbocycles. The summed E-state index contributed by atoms with van der Waals surface area (Å²) in [4.78, 5) is 26.0. The molecule has 0 radical (unpaired) electrons. The van der Waals surface area contributed by atoms with Gasteiger partial charge in [0.15, 0.2) is 6.17 Å². The van der Waals surface area contributed by atoms with Gasteiger partial charge in [-0.05, 0) is 41.8 Å². The number of nitrogens with one attached hydrogen (secondary N) is 2. The van der Waals surface area contributed by atoms with Crippen LogP contribution >= 0.6 is 22.9 Å². The highest BCUT2D eigenvalue weighted by atomic mass is 35.5. The quantitative estimate of drug-likeness (QED) is 0.454. The Balaban J connectivity index is 1.89. The zero-order chi connectivity index (χ0) is 19.2. The summed E-state index contributed by atoms with van der Waals surface area (Å²) in [5.74, 6) is -0.104. The Morgan fingerprint density at radius 3 is 2.52 bits per heavy atom. The maximum atomic E-state index is 12.9. The monoisotopic (exact) mass is 400 g/mol. The predicted octanol–water partition coefficient (Wildman–Crippen LogP) is 4.46. The molecule has 1 heterocycles. The number of benzene rings is 2. The second kappa shape index (κ2) is 8.70. The van der Waals surface area contributed by atoms with Crippen LogP contribution in [0.1, 0.15) is 20.0 Å². The third-order valence-electron chi connectivity index (χ3n) is 3.80. The first-order chi connectivity index (χ1) is 13.1. The van der Waals surface area contributed by atoms with Crippen molar-refractivity contribution in [3.05, 3.63) is 81.5 Å². The second-order valence-electron chi connectivity index (χ2n) is 5.60. The number of amides is 1. The molecule has 2 N–H and O–H groups in total. The minimum atomic E-state index is -0.983. The minimum Gasteiger partial charge on any atom is -0.495 e. The van der Waals surface area contributed by atoms with E-state index in [2.05, 4.69) is 10.6 Å². The molecule has 2 aromatic carbocycles. The Bertz CT molecular complexity index is 930. The average molecular weight is 401 g/mol. The van der Waals surface area contributed by atoms with Crippen molar-refractivity contribution in [2.24, 2.45) is 0 Å². The minimum absolute atomic E-state index is 0.253. The number of ketones is 1. The van der Waals surface area contributed by atoms with E-state index >= 15 is 0 Å². The van der Waals surface area contributed by atoms with Crippen molar-refractivity contribution in [3.8, 4) is 5.75 Å². The third kappa shape index (κ3) is 4.67. The lowest BCUT2D eigenvalue weighted by Gasteiger charge is -2.21. The summed E-state index contributed by atoms with van der Waals surface area (Å²) in [6, 6.07) is 17.2. The molecule has 3 rings (SSSR count). The molecule has 0 saturated heterocycles. The summed E-state index contributed by atoms with van der Waals surface area (Å²) < 4.78 is 5.32. The summed E-state index contributed by atoms with van der Waals surface area (Å²) in [5, 5.41) is 8.08. The number of ether oxygens (including phenoxy) is 1. The topological polar surface area (TPSA) is 67.4 Å². The van der Waals surface area contributed by atoms with E-state index in [1.54, 1.807) is 54.6 Å². The van der Waals surface area contributed by atoms with Crippen LogP contribution in [0.25, 0.3) is 0 Å². The summed E-state index contributed by atoms with van der Waals surface area (Å²) in [7, 11) is 1.52. The number of methoxy groups -OCH3 is 1. The fourth-order valence-corrected chi connectivity index (χ4v) is 3.35. The first-order valence-electron chi connectivity index (χ1n) is 8.12. The van der Waals surface area contributed by atoms with Crippen LogP contribution in [-0.2, 0) is 0 Å². The van der Waals surface area contributed by atoms with Crippen molar-refractivity contribution < 1.29 is 14.3 Å². The van der Waals surface area contributed by atoms with E-state index in [1.165, 1.54) is 18.4 Å². The van der Waals surface area contributed by atoms with Crippen LogP contribution in [-0.4, -0.2) is 25.0 Å². The lowest BCUT2D eigenvalue weighted by molar-refractivity contribution is 0.0871. The molecular formula is C20H17ClN2O3S. The van der Waals surface area contributed by atoms with Crippen LogP contribution in [0.2, 0.25) is 5.02 Å². The highest BCUT2D eigenvalue weighted by Crippen LogP contribution is 2.28. The van der Waals surface area contributed by atoms with Crippen molar-refractivity contribution in [1.29, 1.82) is 0 Å². The zero-order valence-electron chi connectivity index (χ0n) is 14.4. The second-order valence-corrected chi connectivity index (χ2v) is 6.99. The smallest absolute Gasteiger partial charge is 0.253 e. The van der Waals surface area contributed by atoms with Gasteiger partial charge in [0.05, 0.1) is 17.7 Å². The van der Waals surface area contributed by atoms with Crippen molar-refractivity contribution in [2.75, 3.05) is 12.4 Å². The molecule has 0 spiro atoms. The third-order valence-corrected chi connectivity index (χ3v) is 4.92. The van der Waals surface area contributed by atoms with Crippen LogP contribution in [0.15, 0.2) is 66.0 Å². The molecule has 1 atom stereocenters. The average Bonchev–Trinajstić information content (AvgIpc) is 3.22. The molecule has 1 amide bonds. The number of anilines is 1. The van der Waals surface area contributed by atoms with E-state index in [0.29, 0.717) is 26.9 Å². The number of carbonyl (C=O) groups excluding carboxylic acids is 2. The summed E-state index contributed by atoms with van der Waals surface area (Å²) in [5.41, 5.74) is 0.967. The van der Waals surface area contributed by atoms with E-state index in [-0.39, 0.29) is 11.7 Å². The normalized spacial score (nSPS) is 11.5. The van der Waals surface area contributed by atoms with Gasteiger partial charge < -0.3 is 15.4 Å². The Morgan fingerprint density at radius 1 is 1.07 bits per heavy atom. The van der Waals surface area contributed by atoms with Gasteiger partial charge in [-0.15, -0.1) is 11.3 Å². The van der Waals surface area contributed by atoms with Gasteiger partial charge in [-0.2, -0.15) is 0 Å². The fraction of sp³-hybridized carbons (Fsp3) is 0.100. The van der Waals surface area contributed by atoms with E-state index < -0.39 is 6.17 Å². The number of thiophene rings is 1. The molecule has 3 aromatic rings. The predicted molar refractivity (Wildman–Crippen MR) is 108 cm³/mol. The van der Waals surface area contributed by atoms with Gasteiger partial charge in [-0.25, -0.2) is 0 Å². The van der Waals surface area contributed by atoms with Gasteiger partial charge in [0.2, 0.25) is 5.78 Å². The number of hydrogen-bond acceptors (Lipinski definition) is 5. The van der Waals surface area contributed by atoms with Crippen LogP contribution in [0.5, 0.6) is 5.75 Å². The number of halogens is 1. The molecule has 27 heavy (non-hydrogen) atoms. The number of rotatable bonds is 7. The van der Waals surface area contributed by atoms with Crippen molar-refractivity contribution in [2.45, 2.75) is 6.17 Å². The highest BCUT2D eigenvalue weighted by Gasteiger charge is 2.24. The lowest BCUT2D eigenvalue weighted by Crippen LogP contribution is -2.46. The Kier molecular flexibility index (Phi) is 6.11. The van der Waals surface area contributed by atoms with E-state index in [1.807, 2.05) is 11.4 Å². The number of Topliss-reactive ketones (excluding diaryl/α,β-unsaturated/α-hetero) is 1. The van der Waals surface area contributed by atoms with Crippen LogP contribution < -0.4 is 15.4 Å². The summed E-state index contributed by atoms with van der Waals surface area (Å²) in [6.07, 6.45) is -0.983. The number of hydrogen-bond donors (Lipinski definition) is 2. The highest BCUT2D eigenvalue weighted by molar-refractivity contribution is 7.12. The van der Waals surface area contributed by atoms with Crippen LogP contribution in [0, 0.1) is 0 Å². The van der Waals surface area contributed by atoms with Gasteiger partial charge in [0.25, 0.3) is 5.91 Å².